The minimum Gasteiger partial charge on any atom is -0.343 e. The zero-order valence-electron chi connectivity index (χ0n) is 7.89. The molecule has 13 heavy (non-hydrogen) atoms. The van der Waals surface area contributed by atoms with Crippen LogP contribution in [0.3, 0.4) is 0 Å². The average Bonchev–Trinajstić information content (AvgIpc) is 2.63. The van der Waals surface area contributed by atoms with Gasteiger partial charge in [0.25, 0.3) is 0 Å². The second-order valence-electron chi connectivity index (χ2n) is 3.39. The molecule has 0 aromatic rings. The molecule has 0 aliphatic heterocycles. The van der Waals surface area contributed by atoms with E-state index < -0.39 is 5.54 Å². The molecule has 1 aliphatic rings. The first-order valence-electron chi connectivity index (χ1n) is 4.18. The average molecular weight is 179 g/mol. The standard InChI is InChI=1S/C10H13NO2/c1-4-5-9-6-10(9,7(2)12)11-8(3)13/h5,9H,1,6H2,2-3H3,(H,11,13)/t9-,10-/m1/s1. The van der Waals surface area contributed by atoms with Crippen LogP contribution in [0.5, 0.6) is 0 Å². The van der Waals surface area contributed by atoms with Crippen molar-refractivity contribution < 1.29 is 9.59 Å². The van der Waals surface area contributed by atoms with Crippen molar-refractivity contribution in [3.63, 3.8) is 0 Å². The summed E-state index contributed by atoms with van der Waals surface area (Å²) in [6, 6.07) is 0. The number of rotatable bonds is 3. The molecule has 0 radical (unpaired) electrons. The largest absolute Gasteiger partial charge is 0.343 e. The van der Waals surface area contributed by atoms with Crippen molar-refractivity contribution in [2.45, 2.75) is 25.8 Å². The topological polar surface area (TPSA) is 46.2 Å². The molecule has 0 spiro atoms. The molecule has 0 aromatic heterocycles. The Bertz CT molecular complexity index is 302. The lowest BCUT2D eigenvalue weighted by molar-refractivity contribution is -0.126. The Kier molecular flexibility index (Phi) is 2.39. The summed E-state index contributed by atoms with van der Waals surface area (Å²) < 4.78 is 0. The van der Waals surface area contributed by atoms with E-state index in [2.05, 4.69) is 17.6 Å². The zero-order valence-corrected chi connectivity index (χ0v) is 7.89. The maximum absolute atomic E-state index is 11.3. The van der Waals surface area contributed by atoms with Gasteiger partial charge in [-0.2, -0.15) is 0 Å². The van der Waals surface area contributed by atoms with Crippen LogP contribution in [-0.2, 0) is 9.59 Å². The van der Waals surface area contributed by atoms with E-state index in [4.69, 9.17) is 0 Å². The second-order valence-corrected chi connectivity index (χ2v) is 3.39. The smallest absolute Gasteiger partial charge is 0.217 e. The van der Waals surface area contributed by atoms with Crippen molar-refractivity contribution >= 4 is 11.7 Å². The summed E-state index contributed by atoms with van der Waals surface area (Å²) in [7, 11) is 0. The fourth-order valence-corrected chi connectivity index (χ4v) is 1.58. The van der Waals surface area contributed by atoms with Crippen molar-refractivity contribution in [2.24, 2.45) is 5.92 Å². The Morgan fingerprint density at radius 2 is 2.23 bits per heavy atom. The van der Waals surface area contributed by atoms with Gasteiger partial charge in [0.05, 0.1) is 0 Å². The summed E-state index contributed by atoms with van der Waals surface area (Å²) in [5.41, 5.74) is 1.98. The highest BCUT2D eigenvalue weighted by atomic mass is 16.2. The van der Waals surface area contributed by atoms with E-state index in [1.54, 1.807) is 6.08 Å². The van der Waals surface area contributed by atoms with Crippen molar-refractivity contribution in [3.05, 3.63) is 18.4 Å². The number of carbonyl (C=O) groups excluding carboxylic acids is 2. The predicted molar refractivity (Wildman–Crippen MR) is 49.0 cm³/mol. The molecule has 1 amide bonds. The van der Waals surface area contributed by atoms with Gasteiger partial charge in [0.15, 0.2) is 5.78 Å². The van der Waals surface area contributed by atoms with E-state index in [1.807, 2.05) is 0 Å². The molecule has 1 rings (SSSR count). The molecule has 3 nitrogen and oxygen atoms in total. The van der Waals surface area contributed by atoms with Crippen molar-refractivity contribution in [1.29, 1.82) is 0 Å². The summed E-state index contributed by atoms with van der Waals surface area (Å²) in [5.74, 6) is -0.0965. The lowest BCUT2D eigenvalue weighted by Gasteiger charge is -2.13. The molecule has 3 heteroatoms. The SMILES string of the molecule is C=C=C[C@@H]1C[C@@]1(NC(C)=O)C(C)=O. The highest BCUT2D eigenvalue weighted by Gasteiger charge is 2.57. The van der Waals surface area contributed by atoms with E-state index in [1.165, 1.54) is 13.8 Å². The highest BCUT2D eigenvalue weighted by Crippen LogP contribution is 2.44. The maximum atomic E-state index is 11.3. The molecule has 0 bridgehead atoms. The first-order valence-corrected chi connectivity index (χ1v) is 4.18. The van der Waals surface area contributed by atoms with Gasteiger partial charge in [-0.25, -0.2) is 0 Å². The summed E-state index contributed by atoms with van der Waals surface area (Å²) in [5, 5.41) is 2.68. The minimum atomic E-state index is -0.656. The molecule has 0 saturated heterocycles. The van der Waals surface area contributed by atoms with E-state index in [9.17, 15) is 9.59 Å². The van der Waals surface area contributed by atoms with Crippen LogP contribution >= 0.6 is 0 Å². The highest BCUT2D eigenvalue weighted by molar-refractivity contribution is 5.94. The molecule has 2 atom stereocenters. The number of ketones is 1. The number of carbonyl (C=O) groups is 2. The molecular formula is C10H13NO2. The van der Waals surface area contributed by atoms with Gasteiger partial charge in [0.2, 0.25) is 5.91 Å². The summed E-state index contributed by atoms with van der Waals surface area (Å²) in [4.78, 5) is 22.1. The van der Waals surface area contributed by atoms with Gasteiger partial charge in [-0.15, -0.1) is 5.73 Å². The fraction of sp³-hybridized carbons (Fsp3) is 0.500. The molecule has 70 valence electrons. The monoisotopic (exact) mass is 179 g/mol. The zero-order chi connectivity index (χ0) is 10.1. The summed E-state index contributed by atoms with van der Waals surface area (Å²) >= 11 is 0. The third kappa shape index (κ3) is 1.70. The summed E-state index contributed by atoms with van der Waals surface area (Å²) in [6.45, 7) is 6.35. The molecule has 1 aliphatic carbocycles. The Hall–Kier alpha value is -1.34. The second kappa shape index (κ2) is 3.19. The third-order valence-electron chi connectivity index (χ3n) is 2.36. The molecule has 1 fully saturated rings. The van der Waals surface area contributed by atoms with Gasteiger partial charge in [0, 0.05) is 12.8 Å². The number of hydrogen-bond acceptors (Lipinski definition) is 2. The Morgan fingerprint density at radius 3 is 2.62 bits per heavy atom. The number of Topliss-reactive ketones (excluding diaryl/α,β-unsaturated/α-hetero) is 1. The first-order chi connectivity index (χ1) is 6.03. The maximum Gasteiger partial charge on any atom is 0.217 e. The quantitative estimate of drug-likeness (QED) is 0.652. The number of amides is 1. The van der Waals surface area contributed by atoms with Crippen molar-refractivity contribution in [2.75, 3.05) is 0 Å². The van der Waals surface area contributed by atoms with Crippen LogP contribution in [0.4, 0.5) is 0 Å². The molecule has 0 unspecified atom stereocenters. The predicted octanol–water partition coefficient (Wildman–Crippen LogP) is 0.811. The van der Waals surface area contributed by atoms with Crippen molar-refractivity contribution in [3.8, 4) is 0 Å². The van der Waals surface area contributed by atoms with Gasteiger partial charge >= 0.3 is 0 Å². The van der Waals surface area contributed by atoms with Crippen LogP contribution in [0.15, 0.2) is 18.4 Å². The van der Waals surface area contributed by atoms with Crippen LogP contribution in [0.1, 0.15) is 20.3 Å². The van der Waals surface area contributed by atoms with Crippen LogP contribution < -0.4 is 5.32 Å². The van der Waals surface area contributed by atoms with Crippen LogP contribution in [0.25, 0.3) is 0 Å². The molecule has 0 heterocycles. The minimum absolute atomic E-state index is 0.000741. The van der Waals surface area contributed by atoms with Gasteiger partial charge in [0.1, 0.15) is 5.54 Å². The van der Waals surface area contributed by atoms with E-state index in [0.717, 1.165) is 0 Å². The Labute approximate surface area is 77.5 Å². The van der Waals surface area contributed by atoms with Crippen molar-refractivity contribution in [1.82, 2.24) is 5.32 Å². The van der Waals surface area contributed by atoms with E-state index in [-0.39, 0.29) is 17.6 Å². The number of hydrogen-bond donors (Lipinski definition) is 1. The normalized spacial score (nSPS) is 30.2. The number of nitrogens with one attached hydrogen (secondary N) is 1. The van der Waals surface area contributed by atoms with E-state index in [0.29, 0.717) is 6.42 Å². The van der Waals surface area contributed by atoms with Gasteiger partial charge in [-0.05, 0) is 19.4 Å². The molecule has 1 saturated carbocycles. The van der Waals surface area contributed by atoms with Crippen LogP contribution in [0, 0.1) is 5.92 Å². The lowest BCUT2D eigenvalue weighted by Crippen LogP contribution is -2.42. The Morgan fingerprint density at radius 1 is 1.62 bits per heavy atom. The summed E-state index contributed by atoms with van der Waals surface area (Å²) in [6.07, 6.45) is 2.40. The van der Waals surface area contributed by atoms with Gasteiger partial charge in [-0.3, -0.25) is 9.59 Å². The molecule has 0 aromatic carbocycles. The molecule has 1 N–H and O–H groups in total. The molecular weight excluding hydrogens is 166 g/mol. The first kappa shape index (κ1) is 9.75. The van der Waals surface area contributed by atoms with Gasteiger partial charge in [-0.1, -0.05) is 6.58 Å². The van der Waals surface area contributed by atoms with Crippen LogP contribution in [-0.4, -0.2) is 17.2 Å². The van der Waals surface area contributed by atoms with Crippen LogP contribution in [0.2, 0.25) is 0 Å². The fourth-order valence-electron chi connectivity index (χ4n) is 1.58. The third-order valence-corrected chi connectivity index (χ3v) is 2.36. The Balaban J connectivity index is 2.77. The van der Waals surface area contributed by atoms with Gasteiger partial charge < -0.3 is 5.32 Å². The lowest BCUT2D eigenvalue weighted by atomic mass is 10.1. The van der Waals surface area contributed by atoms with E-state index >= 15 is 0 Å².